The van der Waals surface area contributed by atoms with Crippen LogP contribution in [-0.4, -0.2) is 17.0 Å². The Balaban J connectivity index is 1.71. The zero-order chi connectivity index (χ0) is 17.6. The summed E-state index contributed by atoms with van der Waals surface area (Å²) in [6.07, 6.45) is 1.49. The van der Waals surface area contributed by atoms with Gasteiger partial charge in [-0.15, -0.1) is 0 Å². The minimum Gasteiger partial charge on any atom is -0.393 e. The SMILES string of the molecule is CN(Cc1ccccc1)c1ncnc(NCc2ccc(F)cc2)c1N. The van der Waals surface area contributed by atoms with Crippen molar-refractivity contribution in [1.29, 1.82) is 0 Å². The van der Waals surface area contributed by atoms with Crippen molar-refractivity contribution in [1.82, 2.24) is 9.97 Å². The summed E-state index contributed by atoms with van der Waals surface area (Å²) >= 11 is 0. The Morgan fingerprint density at radius 1 is 1.00 bits per heavy atom. The van der Waals surface area contributed by atoms with Crippen LogP contribution in [0.3, 0.4) is 0 Å². The average Bonchev–Trinajstić information content (AvgIpc) is 2.63. The van der Waals surface area contributed by atoms with Gasteiger partial charge in [0.25, 0.3) is 0 Å². The standard InChI is InChI=1S/C19H20FN5/c1-25(12-15-5-3-2-4-6-15)19-17(21)18(23-13-24-19)22-11-14-7-9-16(20)10-8-14/h2-10,13H,11-12,21H2,1H3,(H,22,23,24). The van der Waals surface area contributed by atoms with Crippen molar-refractivity contribution in [3.63, 3.8) is 0 Å². The van der Waals surface area contributed by atoms with Crippen LogP contribution in [0.4, 0.5) is 21.7 Å². The predicted octanol–water partition coefficient (Wildman–Crippen LogP) is 3.45. The molecule has 0 aliphatic carbocycles. The van der Waals surface area contributed by atoms with Gasteiger partial charge >= 0.3 is 0 Å². The molecule has 3 N–H and O–H groups in total. The number of aromatic nitrogens is 2. The van der Waals surface area contributed by atoms with Crippen LogP contribution in [0.1, 0.15) is 11.1 Å². The molecule has 3 rings (SSSR count). The van der Waals surface area contributed by atoms with Gasteiger partial charge in [0.15, 0.2) is 11.6 Å². The maximum absolute atomic E-state index is 13.0. The van der Waals surface area contributed by atoms with Gasteiger partial charge in [-0.3, -0.25) is 0 Å². The molecular formula is C19H20FN5. The first kappa shape index (κ1) is 16.7. The Labute approximate surface area is 146 Å². The van der Waals surface area contributed by atoms with Gasteiger partial charge in [0, 0.05) is 20.1 Å². The molecule has 0 bridgehead atoms. The molecule has 5 nitrogen and oxygen atoms in total. The zero-order valence-corrected chi connectivity index (χ0v) is 14.0. The van der Waals surface area contributed by atoms with Gasteiger partial charge in [-0.25, -0.2) is 14.4 Å². The molecule has 3 aromatic rings. The first-order valence-electron chi connectivity index (χ1n) is 7.97. The second kappa shape index (κ2) is 7.61. The Hall–Kier alpha value is -3.15. The molecule has 1 aromatic heterocycles. The van der Waals surface area contributed by atoms with Crippen molar-refractivity contribution in [2.45, 2.75) is 13.1 Å². The molecule has 128 valence electrons. The van der Waals surface area contributed by atoms with E-state index in [1.54, 1.807) is 12.1 Å². The van der Waals surface area contributed by atoms with E-state index in [1.807, 2.05) is 30.1 Å². The fourth-order valence-corrected chi connectivity index (χ4v) is 2.55. The van der Waals surface area contributed by atoms with Crippen LogP contribution in [0.2, 0.25) is 0 Å². The number of nitrogens with one attached hydrogen (secondary N) is 1. The van der Waals surface area contributed by atoms with Crippen molar-refractivity contribution in [2.24, 2.45) is 0 Å². The van der Waals surface area contributed by atoms with Crippen LogP contribution >= 0.6 is 0 Å². The van der Waals surface area contributed by atoms with Crippen molar-refractivity contribution in [3.8, 4) is 0 Å². The third-order valence-electron chi connectivity index (χ3n) is 3.86. The summed E-state index contributed by atoms with van der Waals surface area (Å²) in [6, 6.07) is 16.4. The largest absolute Gasteiger partial charge is 0.393 e. The van der Waals surface area contributed by atoms with Gasteiger partial charge in [-0.2, -0.15) is 0 Å². The summed E-state index contributed by atoms with van der Waals surface area (Å²) in [7, 11) is 1.94. The van der Waals surface area contributed by atoms with Gasteiger partial charge in [-0.1, -0.05) is 42.5 Å². The number of halogens is 1. The molecule has 0 saturated heterocycles. The minimum absolute atomic E-state index is 0.255. The van der Waals surface area contributed by atoms with Crippen molar-refractivity contribution in [3.05, 3.63) is 77.9 Å². The maximum atomic E-state index is 13.0. The second-order valence-corrected chi connectivity index (χ2v) is 5.78. The van der Waals surface area contributed by atoms with E-state index in [-0.39, 0.29) is 5.82 Å². The number of nitrogens with two attached hydrogens (primary N) is 1. The summed E-state index contributed by atoms with van der Waals surface area (Å²) in [4.78, 5) is 10.5. The van der Waals surface area contributed by atoms with E-state index < -0.39 is 0 Å². The van der Waals surface area contributed by atoms with Gasteiger partial charge in [0.2, 0.25) is 0 Å². The molecule has 0 atom stereocenters. The van der Waals surface area contributed by atoms with Crippen LogP contribution in [-0.2, 0) is 13.1 Å². The summed E-state index contributed by atoms with van der Waals surface area (Å²) < 4.78 is 13.0. The molecule has 0 aliphatic rings. The fourth-order valence-electron chi connectivity index (χ4n) is 2.55. The lowest BCUT2D eigenvalue weighted by molar-refractivity contribution is 0.627. The van der Waals surface area contributed by atoms with E-state index >= 15 is 0 Å². The van der Waals surface area contributed by atoms with Crippen LogP contribution in [0, 0.1) is 5.82 Å². The fraction of sp³-hybridized carbons (Fsp3) is 0.158. The topological polar surface area (TPSA) is 67.1 Å². The van der Waals surface area contributed by atoms with E-state index in [1.165, 1.54) is 24.0 Å². The molecule has 25 heavy (non-hydrogen) atoms. The van der Waals surface area contributed by atoms with Crippen molar-refractivity contribution >= 4 is 17.3 Å². The molecule has 0 spiro atoms. The highest BCUT2D eigenvalue weighted by Crippen LogP contribution is 2.26. The smallest absolute Gasteiger partial charge is 0.157 e. The first-order valence-corrected chi connectivity index (χ1v) is 7.97. The van der Waals surface area contributed by atoms with E-state index in [4.69, 9.17) is 5.73 Å². The number of benzene rings is 2. The lowest BCUT2D eigenvalue weighted by Gasteiger charge is -2.21. The molecule has 0 radical (unpaired) electrons. The van der Waals surface area contributed by atoms with Crippen LogP contribution in [0.15, 0.2) is 60.9 Å². The lowest BCUT2D eigenvalue weighted by Crippen LogP contribution is -2.20. The normalized spacial score (nSPS) is 10.5. The van der Waals surface area contributed by atoms with Gasteiger partial charge in [0.05, 0.1) is 0 Å². The Bertz CT molecular complexity index is 821. The summed E-state index contributed by atoms with van der Waals surface area (Å²) in [5.41, 5.74) is 8.84. The molecule has 0 saturated carbocycles. The lowest BCUT2D eigenvalue weighted by atomic mass is 10.2. The molecule has 6 heteroatoms. The van der Waals surface area contributed by atoms with E-state index in [0.717, 1.165) is 5.56 Å². The van der Waals surface area contributed by atoms with Gasteiger partial charge < -0.3 is 16.0 Å². The quantitative estimate of drug-likeness (QED) is 0.721. The Morgan fingerprint density at radius 3 is 2.44 bits per heavy atom. The van der Waals surface area contributed by atoms with E-state index in [9.17, 15) is 4.39 Å². The Kier molecular flexibility index (Phi) is 5.09. The molecular weight excluding hydrogens is 317 g/mol. The molecule has 0 unspecified atom stereocenters. The summed E-state index contributed by atoms with van der Waals surface area (Å²) in [5.74, 6) is 0.977. The first-order chi connectivity index (χ1) is 12.1. The summed E-state index contributed by atoms with van der Waals surface area (Å²) in [5, 5.41) is 3.18. The maximum Gasteiger partial charge on any atom is 0.157 e. The minimum atomic E-state index is -0.255. The second-order valence-electron chi connectivity index (χ2n) is 5.78. The number of hydrogen-bond acceptors (Lipinski definition) is 5. The average molecular weight is 337 g/mol. The van der Waals surface area contributed by atoms with Crippen LogP contribution in [0.5, 0.6) is 0 Å². The molecule has 0 aliphatic heterocycles. The zero-order valence-electron chi connectivity index (χ0n) is 14.0. The number of nitrogen functional groups attached to an aromatic ring is 1. The van der Waals surface area contributed by atoms with Gasteiger partial charge in [0.1, 0.15) is 17.8 Å². The highest BCUT2D eigenvalue weighted by molar-refractivity contribution is 5.74. The van der Waals surface area contributed by atoms with E-state index in [0.29, 0.717) is 30.4 Å². The highest BCUT2D eigenvalue weighted by Gasteiger charge is 2.12. The number of nitrogens with zero attached hydrogens (tertiary/aromatic N) is 3. The van der Waals surface area contributed by atoms with Gasteiger partial charge in [-0.05, 0) is 23.3 Å². The number of rotatable bonds is 6. The molecule has 0 fully saturated rings. The molecule has 0 amide bonds. The number of hydrogen-bond donors (Lipinski definition) is 2. The molecule has 1 heterocycles. The number of anilines is 3. The third kappa shape index (κ3) is 4.23. The Morgan fingerprint density at radius 2 is 1.72 bits per heavy atom. The van der Waals surface area contributed by atoms with Crippen molar-refractivity contribution in [2.75, 3.05) is 23.0 Å². The predicted molar refractivity (Wildman–Crippen MR) is 98.7 cm³/mol. The monoisotopic (exact) mass is 337 g/mol. The molecule has 2 aromatic carbocycles. The van der Waals surface area contributed by atoms with Crippen molar-refractivity contribution < 1.29 is 4.39 Å². The highest BCUT2D eigenvalue weighted by atomic mass is 19.1. The van der Waals surface area contributed by atoms with Crippen LogP contribution < -0.4 is 16.0 Å². The summed E-state index contributed by atoms with van der Waals surface area (Å²) in [6.45, 7) is 1.20. The van der Waals surface area contributed by atoms with Crippen LogP contribution in [0.25, 0.3) is 0 Å². The van der Waals surface area contributed by atoms with E-state index in [2.05, 4.69) is 27.4 Å². The third-order valence-corrected chi connectivity index (χ3v) is 3.86.